The number of rotatable bonds is 5. The van der Waals surface area contributed by atoms with Crippen LogP contribution in [0.1, 0.15) is 13.3 Å². The molecule has 0 atom stereocenters. The van der Waals surface area contributed by atoms with E-state index in [1.165, 1.54) is 11.8 Å². The van der Waals surface area contributed by atoms with Gasteiger partial charge < -0.3 is 14.7 Å². The molecule has 0 aliphatic carbocycles. The lowest BCUT2D eigenvalue weighted by Gasteiger charge is -2.33. The first-order valence-electron chi connectivity index (χ1n) is 7.52. The molecule has 1 aliphatic rings. The van der Waals surface area contributed by atoms with Crippen LogP contribution in [0.25, 0.3) is 0 Å². The normalized spacial score (nSPS) is 14.5. The molecule has 0 aromatic heterocycles. The molecular formula is C16H20ClN3O3. The van der Waals surface area contributed by atoms with Gasteiger partial charge in [0.1, 0.15) is 0 Å². The highest BCUT2D eigenvalue weighted by atomic mass is 35.5. The SMILES string of the molecule is CC(=O)N(CCC(=O)N1CCN(C=O)CC1)c1ccccc1Cl. The summed E-state index contributed by atoms with van der Waals surface area (Å²) in [7, 11) is 0. The summed E-state index contributed by atoms with van der Waals surface area (Å²) in [6, 6.07) is 7.07. The third kappa shape index (κ3) is 4.45. The Morgan fingerprint density at radius 3 is 2.43 bits per heavy atom. The van der Waals surface area contributed by atoms with Gasteiger partial charge in [0.2, 0.25) is 18.2 Å². The summed E-state index contributed by atoms with van der Waals surface area (Å²) in [6.45, 7) is 3.91. The number of anilines is 1. The van der Waals surface area contributed by atoms with E-state index in [0.717, 1.165) is 6.41 Å². The Balaban J connectivity index is 1.94. The number of carbonyl (C=O) groups is 3. The summed E-state index contributed by atoms with van der Waals surface area (Å²) >= 11 is 6.13. The van der Waals surface area contributed by atoms with Crippen LogP contribution < -0.4 is 4.90 Å². The Hall–Kier alpha value is -2.08. The van der Waals surface area contributed by atoms with Crippen molar-refractivity contribution in [1.29, 1.82) is 0 Å². The number of halogens is 1. The molecule has 0 bridgehead atoms. The summed E-state index contributed by atoms with van der Waals surface area (Å²) in [5.74, 6) is -0.175. The predicted molar refractivity (Wildman–Crippen MR) is 88.3 cm³/mol. The van der Waals surface area contributed by atoms with Gasteiger partial charge in [-0.05, 0) is 12.1 Å². The Kier molecular flexibility index (Phi) is 5.98. The maximum absolute atomic E-state index is 12.3. The molecule has 3 amide bonds. The number of nitrogens with zero attached hydrogens (tertiary/aromatic N) is 3. The molecule has 1 saturated heterocycles. The minimum absolute atomic E-state index is 0.0196. The van der Waals surface area contributed by atoms with Crippen LogP contribution >= 0.6 is 11.6 Å². The predicted octanol–water partition coefficient (Wildman–Crippen LogP) is 1.38. The lowest BCUT2D eigenvalue weighted by Crippen LogP contribution is -2.48. The molecule has 124 valence electrons. The topological polar surface area (TPSA) is 60.9 Å². The van der Waals surface area contributed by atoms with E-state index in [0.29, 0.717) is 36.9 Å². The van der Waals surface area contributed by atoms with Gasteiger partial charge in [-0.1, -0.05) is 23.7 Å². The molecule has 0 saturated carbocycles. The second-order valence-corrected chi connectivity index (χ2v) is 5.80. The lowest BCUT2D eigenvalue weighted by atomic mass is 10.2. The first-order valence-corrected chi connectivity index (χ1v) is 7.90. The lowest BCUT2D eigenvalue weighted by molar-refractivity contribution is -0.135. The van der Waals surface area contributed by atoms with Gasteiger partial charge in [0.25, 0.3) is 0 Å². The van der Waals surface area contributed by atoms with Crippen molar-refractivity contribution in [3.05, 3.63) is 29.3 Å². The Morgan fingerprint density at radius 1 is 1.22 bits per heavy atom. The van der Waals surface area contributed by atoms with Crippen LogP contribution in [0.3, 0.4) is 0 Å². The third-order valence-corrected chi connectivity index (χ3v) is 4.21. The summed E-state index contributed by atoms with van der Waals surface area (Å²) < 4.78 is 0. The van der Waals surface area contributed by atoms with Crippen molar-refractivity contribution in [3.8, 4) is 0 Å². The average Bonchev–Trinajstić information content (AvgIpc) is 2.56. The standard InChI is InChI=1S/C16H20ClN3O3/c1-13(22)20(15-5-3-2-4-14(15)17)7-6-16(23)19-10-8-18(12-21)9-11-19/h2-5,12H,6-11H2,1H3. The van der Waals surface area contributed by atoms with E-state index >= 15 is 0 Å². The van der Waals surface area contributed by atoms with Crippen molar-refractivity contribution in [2.75, 3.05) is 37.6 Å². The molecule has 1 heterocycles. The highest BCUT2D eigenvalue weighted by Gasteiger charge is 2.22. The van der Waals surface area contributed by atoms with Crippen LogP contribution in [0, 0.1) is 0 Å². The Bertz CT molecular complexity index is 586. The first kappa shape index (κ1) is 17.3. The zero-order valence-electron chi connectivity index (χ0n) is 13.1. The molecule has 0 spiro atoms. The Morgan fingerprint density at radius 2 is 1.87 bits per heavy atom. The summed E-state index contributed by atoms with van der Waals surface area (Å²) in [5, 5.41) is 0.481. The number of para-hydroxylation sites is 1. The van der Waals surface area contributed by atoms with E-state index in [1.807, 2.05) is 0 Å². The number of hydrogen-bond acceptors (Lipinski definition) is 3. The zero-order valence-corrected chi connectivity index (χ0v) is 13.8. The zero-order chi connectivity index (χ0) is 16.8. The minimum atomic E-state index is -0.156. The van der Waals surface area contributed by atoms with Crippen molar-refractivity contribution >= 4 is 35.5 Å². The molecule has 0 radical (unpaired) electrons. The van der Waals surface area contributed by atoms with Gasteiger partial charge in [-0.15, -0.1) is 0 Å². The van der Waals surface area contributed by atoms with Crippen molar-refractivity contribution in [2.24, 2.45) is 0 Å². The average molecular weight is 338 g/mol. The smallest absolute Gasteiger partial charge is 0.224 e. The van der Waals surface area contributed by atoms with Crippen molar-refractivity contribution in [2.45, 2.75) is 13.3 Å². The molecule has 1 aromatic rings. The molecule has 0 N–H and O–H groups in total. The molecule has 2 rings (SSSR count). The van der Waals surface area contributed by atoms with E-state index in [2.05, 4.69) is 0 Å². The number of piperazine rings is 1. The van der Waals surface area contributed by atoms with Gasteiger partial charge >= 0.3 is 0 Å². The number of amides is 3. The van der Waals surface area contributed by atoms with Crippen molar-refractivity contribution in [3.63, 3.8) is 0 Å². The maximum atomic E-state index is 12.3. The minimum Gasteiger partial charge on any atom is -0.342 e. The molecule has 23 heavy (non-hydrogen) atoms. The van der Waals surface area contributed by atoms with Crippen LogP contribution in [0.2, 0.25) is 5.02 Å². The number of benzene rings is 1. The fourth-order valence-corrected chi connectivity index (χ4v) is 2.80. The third-order valence-electron chi connectivity index (χ3n) is 3.89. The molecule has 0 unspecified atom stereocenters. The molecular weight excluding hydrogens is 318 g/mol. The van der Waals surface area contributed by atoms with E-state index in [9.17, 15) is 14.4 Å². The monoisotopic (exact) mass is 337 g/mol. The molecule has 1 aliphatic heterocycles. The van der Waals surface area contributed by atoms with Gasteiger partial charge in [-0.2, -0.15) is 0 Å². The quantitative estimate of drug-likeness (QED) is 0.763. The maximum Gasteiger partial charge on any atom is 0.224 e. The molecule has 1 aromatic carbocycles. The fourth-order valence-electron chi connectivity index (χ4n) is 2.56. The van der Waals surface area contributed by atoms with Gasteiger partial charge in [-0.3, -0.25) is 14.4 Å². The molecule has 1 fully saturated rings. The van der Waals surface area contributed by atoms with E-state index in [-0.39, 0.29) is 24.8 Å². The van der Waals surface area contributed by atoms with Crippen LogP contribution in [0.5, 0.6) is 0 Å². The van der Waals surface area contributed by atoms with Gasteiger partial charge in [0.05, 0.1) is 10.7 Å². The Labute approximate surface area is 140 Å². The number of carbonyl (C=O) groups excluding carboxylic acids is 3. The van der Waals surface area contributed by atoms with E-state index in [4.69, 9.17) is 11.6 Å². The summed E-state index contributed by atoms with van der Waals surface area (Å²) in [4.78, 5) is 39.7. The largest absolute Gasteiger partial charge is 0.342 e. The van der Waals surface area contributed by atoms with Crippen molar-refractivity contribution < 1.29 is 14.4 Å². The van der Waals surface area contributed by atoms with Crippen LogP contribution in [0.4, 0.5) is 5.69 Å². The van der Waals surface area contributed by atoms with Gasteiger partial charge in [-0.25, -0.2) is 0 Å². The highest BCUT2D eigenvalue weighted by molar-refractivity contribution is 6.33. The van der Waals surface area contributed by atoms with E-state index in [1.54, 1.807) is 34.1 Å². The van der Waals surface area contributed by atoms with Gasteiger partial charge in [0, 0.05) is 46.1 Å². The van der Waals surface area contributed by atoms with Crippen LogP contribution in [-0.4, -0.2) is 60.7 Å². The van der Waals surface area contributed by atoms with Gasteiger partial charge in [0.15, 0.2) is 0 Å². The first-order chi connectivity index (χ1) is 11.0. The van der Waals surface area contributed by atoms with Crippen LogP contribution in [0.15, 0.2) is 24.3 Å². The molecule has 6 nitrogen and oxygen atoms in total. The number of hydrogen-bond donors (Lipinski definition) is 0. The van der Waals surface area contributed by atoms with Crippen LogP contribution in [-0.2, 0) is 14.4 Å². The highest BCUT2D eigenvalue weighted by Crippen LogP contribution is 2.25. The second-order valence-electron chi connectivity index (χ2n) is 5.39. The molecule has 7 heteroatoms. The summed E-state index contributed by atoms with van der Waals surface area (Å²) in [6.07, 6.45) is 1.03. The van der Waals surface area contributed by atoms with E-state index < -0.39 is 0 Å². The second kappa shape index (κ2) is 7.97. The summed E-state index contributed by atoms with van der Waals surface area (Å²) in [5.41, 5.74) is 0.611. The fraction of sp³-hybridized carbons (Fsp3) is 0.438. The van der Waals surface area contributed by atoms with Crippen molar-refractivity contribution in [1.82, 2.24) is 9.80 Å².